The number of rotatable bonds is 3. The predicted octanol–water partition coefficient (Wildman–Crippen LogP) is 1.31. The van der Waals surface area contributed by atoms with Crippen LogP contribution in [0, 0.1) is 13.8 Å². The topological polar surface area (TPSA) is 89.1 Å². The van der Waals surface area contributed by atoms with E-state index in [0.717, 1.165) is 5.82 Å². The molecule has 1 N–H and O–H groups in total. The first kappa shape index (κ1) is 12.0. The van der Waals surface area contributed by atoms with Gasteiger partial charge >= 0.3 is 0 Å². The van der Waals surface area contributed by atoms with Gasteiger partial charge in [0.15, 0.2) is 5.65 Å². The highest BCUT2D eigenvalue weighted by atomic mass is 32.2. The number of hydrogen-bond acceptors (Lipinski definition) is 6. The third-order valence-electron chi connectivity index (χ3n) is 2.45. The molecule has 0 aliphatic carbocycles. The second-order valence-electron chi connectivity index (χ2n) is 4.08. The van der Waals surface area contributed by atoms with Crippen LogP contribution in [-0.2, 0) is 5.75 Å². The van der Waals surface area contributed by atoms with Crippen molar-refractivity contribution in [3.8, 4) is 0 Å². The van der Waals surface area contributed by atoms with Crippen LogP contribution in [0.5, 0.6) is 0 Å². The van der Waals surface area contributed by atoms with Crippen LogP contribution in [0.3, 0.4) is 0 Å². The van der Waals surface area contributed by atoms with Crippen molar-refractivity contribution in [3.05, 3.63) is 39.8 Å². The maximum absolute atomic E-state index is 11.8. The van der Waals surface area contributed by atoms with Crippen molar-refractivity contribution in [1.82, 2.24) is 24.7 Å². The largest absolute Gasteiger partial charge is 0.375 e. The Labute approximate surface area is 112 Å². The highest BCUT2D eigenvalue weighted by Gasteiger charge is 2.08. The normalized spacial score (nSPS) is 11.3. The summed E-state index contributed by atoms with van der Waals surface area (Å²) in [5, 5.41) is 7.42. The number of H-pyrrole nitrogens is 1. The smallest absolute Gasteiger partial charge is 0.287 e. The second kappa shape index (κ2) is 4.54. The van der Waals surface area contributed by atoms with E-state index in [1.807, 2.05) is 6.92 Å². The molecule has 0 spiro atoms. The number of fused-ring (bicyclic) bond motifs is 1. The first-order valence-corrected chi connectivity index (χ1v) is 6.62. The van der Waals surface area contributed by atoms with Gasteiger partial charge in [0.05, 0.1) is 5.69 Å². The summed E-state index contributed by atoms with van der Waals surface area (Å²) in [5.74, 6) is 1.95. The van der Waals surface area contributed by atoms with Crippen molar-refractivity contribution in [2.45, 2.75) is 24.8 Å². The lowest BCUT2D eigenvalue weighted by molar-refractivity contribution is 0.344. The van der Waals surface area contributed by atoms with Gasteiger partial charge in [-0.15, -0.1) is 9.67 Å². The number of aryl methyl sites for hydroxylation is 2. The SMILES string of the molecule is Cc1nc(SCc2cc(=O)n3oc(C)cc3n2)n[nH]1. The fourth-order valence-corrected chi connectivity index (χ4v) is 2.41. The second-order valence-corrected chi connectivity index (χ2v) is 5.02. The molecule has 0 saturated carbocycles. The summed E-state index contributed by atoms with van der Waals surface area (Å²) in [6, 6.07) is 3.19. The molecule has 0 amide bonds. The van der Waals surface area contributed by atoms with Gasteiger partial charge in [0.25, 0.3) is 5.56 Å². The lowest BCUT2D eigenvalue weighted by atomic mass is 10.4. The number of nitrogens with one attached hydrogen (secondary N) is 1. The molecular weight excluding hydrogens is 266 g/mol. The minimum atomic E-state index is -0.222. The number of aromatic nitrogens is 5. The first-order valence-electron chi connectivity index (χ1n) is 5.63. The van der Waals surface area contributed by atoms with Gasteiger partial charge in [0, 0.05) is 17.9 Å². The Hall–Kier alpha value is -2.09. The Kier molecular flexibility index (Phi) is 2.86. The maximum atomic E-state index is 11.8. The third kappa shape index (κ3) is 2.39. The number of thioether (sulfide) groups is 1. The number of nitrogens with zero attached hydrogens (tertiary/aromatic N) is 4. The molecule has 98 valence electrons. The fraction of sp³-hybridized carbons (Fsp3) is 0.273. The minimum absolute atomic E-state index is 0.222. The first-order chi connectivity index (χ1) is 9.11. The van der Waals surface area contributed by atoms with Gasteiger partial charge < -0.3 is 4.52 Å². The van der Waals surface area contributed by atoms with Gasteiger partial charge in [-0.1, -0.05) is 11.8 Å². The zero-order chi connectivity index (χ0) is 13.4. The molecule has 0 aliphatic rings. The summed E-state index contributed by atoms with van der Waals surface area (Å²) >= 11 is 1.42. The van der Waals surface area contributed by atoms with Crippen LogP contribution in [0.25, 0.3) is 5.65 Å². The van der Waals surface area contributed by atoms with Crippen LogP contribution in [0.15, 0.2) is 26.6 Å². The number of hydrogen-bond donors (Lipinski definition) is 1. The standard InChI is InChI=1S/C11H11N5O2S/c1-6-3-9-13-8(4-10(17)16(9)18-6)5-19-11-12-7(2)14-15-11/h3-4H,5H2,1-2H3,(H,12,14,15). The summed E-state index contributed by atoms with van der Waals surface area (Å²) in [6.45, 7) is 3.61. The Morgan fingerprint density at radius 3 is 2.95 bits per heavy atom. The van der Waals surface area contributed by atoms with Gasteiger partial charge in [-0.3, -0.25) is 9.89 Å². The van der Waals surface area contributed by atoms with Crippen molar-refractivity contribution in [3.63, 3.8) is 0 Å². The molecule has 0 aromatic carbocycles. The predicted molar refractivity (Wildman–Crippen MR) is 69.1 cm³/mol. The van der Waals surface area contributed by atoms with E-state index in [1.165, 1.54) is 22.4 Å². The number of aromatic amines is 1. The molecule has 3 heterocycles. The van der Waals surface area contributed by atoms with E-state index in [2.05, 4.69) is 20.2 Å². The Morgan fingerprint density at radius 2 is 2.21 bits per heavy atom. The molecule has 0 atom stereocenters. The molecular formula is C11H11N5O2S. The van der Waals surface area contributed by atoms with Crippen LogP contribution in [0.4, 0.5) is 0 Å². The fourth-order valence-electron chi connectivity index (χ4n) is 1.67. The van der Waals surface area contributed by atoms with E-state index in [4.69, 9.17) is 4.52 Å². The van der Waals surface area contributed by atoms with Gasteiger partial charge in [0.2, 0.25) is 5.16 Å². The van der Waals surface area contributed by atoms with E-state index < -0.39 is 0 Å². The summed E-state index contributed by atoms with van der Waals surface area (Å²) in [5.41, 5.74) is 0.977. The molecule has 19 heavy (non-hydrogen) atoms. The monoisotopic (exact) mass is 277 g/mol. The lowest BCUT2D eigenvalue weighted by Gasteiger charge is -1.97. The van der Waals surface area contributed by atoms with Crippen LogP contribution < -0.4 is 5.56 Å². The van der Waals surface area contributed by atoms with Crippen LogP contribution in [-0.4, -0.2) is 24.7 Å². The lowest BCUT2D eigenvalue weighted by Crippen LogP contribution is -2.12. The summed E-state index contributed by atoms with van der Waals surface area (Å²) in [4.78, 5) is 20.4. The average Bonchev–Trinajstić information content (AvgIpc) is 2.92. The maximum Gasteiger partial charge on any atom is 0.287 e. The van der Waals surface area contributed by atoms with E-state index in [0.29, 0.717) is 28.0 Å². The zero-order valence-corrected chi connectivity index (χ0v) is 11.2. The summed E-state index contributed by atoms with van der Waals surface area (Å²) in [7, 11) is 0. The Bertz CT molecular complexity index is 788. The molecule has 8 heteroatoms. The molecule has 0 unspecified atom stereocenters. The summed E-state index contributed by atoms with van der Waals surface area (Å²) < 4.78 is 6.41. The molecule has 0 bridgehead atoms. The van der Waals surface area contributed by atoms with E-state index in [1.54, 1.807) is 13.0 Å². The molecule has 0 saturated heterocycles. The van der Waals surface area contributed by atoms with Gasteiger partial charge in [0.1, 0.15) is 11.6 Å². The molecule has 3 aromatic rings. The molecule has 0 aliphatic heterocycles. The van der Waals surface area contributed by atoms with Gasteiger partial charge in [-0.05, 0) is 13.8 Å². The van der Waals surface area contributed by atoms with Crippen molar-refractivity contribution in [2.24, 2.45) is 0 Å². The van der Waals surface area contributed by atoms with Gasteiger partial charge in [-0.25, -0.2) is 9.97 Å². The van der Waals surface area contributed by atoms with Crippen molar-refractivity contribution >= 4 is 17.4 Å². The molecule has 3 aromatic heterocycles. The van der Waals surface area contributed by atoms with Crippen LogP contribution in [0.1, 0.15) is 17.3 Å². The highest BCUT2D eigenvalue weighted by molar-refractivity contribution is 7.98. The van der Waals surface area contributed by atoms with E-state index >= 15 is 0 Å². The Balaban J connectivity index is 1.87. The van der Waals surface area contributed by atoms with E-state index in [-0.39, 0.29) is 5.56 Å². The molecule has 0 radical (unpaired) electrons. The highest BCUT2D eigenvalue weighted by Crippen LogP contribution is 2.17. The van der Waals surface area contributed by atoms with Gasteiger partial charge in [-0.2, -0.15) is 0 Å². The minimum Gasteiger partial charge on any atom is -0.375 e. The van der Waals surface area contributed by atoms with Crippen molar-refractivity contribution in [1.29, 1.82) is 0 Å². The summed E-state index contributed by atoms with van der Waals surface area (Å²) in [6.07, 6.45) is 0. The molecule has 0 fully saturated rings. The molecule has 3 rings (SSSR count). The van der Waals surface area contributed by atoms with Crippen LogP contribution >= 0.6 is 11.8 Å². The molecule has 7 nitrogen and oxygen atoms in total. The third-order valence-corrected chi connectivity index (χ3v) is 3.33. The Morgan fingerprint density at radius 1 is 1.37 bits per heavy atom. The average molecular weight is 277 g/mol. The zero-order valence-electron chi connectivity index (χ0n) is 10.4. The quantitative estimate of drug-likeness (QED) is 0.726. The van der Waals surface area contributed by atoms with E-state index in [9.17, 15) is 4.79 Å². The van der Waals surface area contributed by atoms with Crippen LogP contribution in [0.2, 0.25) is 0 Å². The van der Waals surface area contributed by atoms with Crippen molar-refractivity contribution < 1.29 is 4.52 Å². The van der Waals surface area contributed by atoms with Crippen molar-refractivity contribution in [2.75, 3.05) is 0 Å².